The molecular formula is C13H18N4. The standard InChI is InChI=1S/C13H18N4/c1-8-4-12(8)14-6-10-5-11-9(2)16-17(3)13(11)15-7-10/h5,7-8,12,14H,4,6H2,1-3H3/t8-,12+/m0/s1. The second-order valence-corrected chi connectivity index (χ2v) is 5.12. The van der Waals surface area contributed by atoms with Crippen LogP contribution in [0.4, 0.5) is 0 Å². The van der Waals surface area contributed by atoms with Crippen LogP contribution in [0.5, 0.6) is 0 Å². The number of nitrogens with one attached hydrogen (secondary N) is 1. The molecule has 1 aliphatic rings. The number of pyridine rings is 1. The van der Waals surface area contributed by atoms with Crippen molar-refractivity contribution >= 4 is 11.0 Å². The van der Waals surface area contributed by atoms with Crippen molar-refractivity contribution in [3.8, 4) is 0 Å². The molecule has 1 saturated carbocycles. The summed E-state index contributed by atoms with van der Waals surface area (Å²) in [5, 5.41) is 9.09. The Balaban J connectivity index is 1.83. The number of fused-ring (bicyclic) bond motifs is 1. The van der Waals surface area contributed by atoms with E-state index in [2.05, 4.69) is 28.4 Å². The Morgan fingerprint density at radius 1 is 1.53 bits per heavy atom. The molecule has 1 aliphatic carbocycles. The van der Waals surface area contributed by atoms with Crippen LogP contribution in [0.1, 0.15) is 24.6 Å². The van der Waals surface area contributed by atoms with E-state index in [1.54, 1.807) is 0 Å². The molecule has 1 N–H and O–H groups in total. The van der Waals surface area contributed by atoms with Gasteiger partial charge in [-0.25, -0.2) is 4.98 Å². The number of hydrogen-bond donors (Lipinski definition) is 1. The molecule has 2 aromatic rings. The van der Waals surface area contributed by atoms with E-state index in [9.17, 15) is 0 Å². The zero-order valence-electron chi connectivity index (χ0n) is 10.6. The van der Waals surface area contributed by atoms with Crippen LogP contribution in [0, 0.1) is 12.8 Å². The molecule has 0 spiro atoms. The maximum atomic E-state index is 4.48. The molecule has 2 atom stereocenters. The fourth-order valence-electron chi connectivity index (χ4n) is 2.30. The van der Waals surface area contributed by atoms with Gasteiger partial charge in [-0.2, -0.15) is 5.10 Å². The number of aryl methyl sites for hydroxylation is 2. The van der Waals surface area contributed by atoms with Crippen molar-refractivity contribution in [2.45, 2.75) is 32.9 Å². The summed E-state index contributed by atoms with van der Waals surface area (Å²) in [5.74, 6) is 0.840. The lowest BCUT2D eigenvalue weighted by atomic mass is 10.2. The Morgan fingerprint density at radius 2 is 2.29 bits per heavy atom. The summed E-state index contributed by atoms with van der Waals surface area (Å²) in [6, 6.07) is 2.91. The van der Waals surface area contributed by atoms with E-state index in [1.165, 1.54) is 12.0 Å². The smallest absolute Gasteiger partial charge is 0.157 e. The van der Waals surface area contributed by atoms with Gasteiger partial charge >= 0.3 is 0 Å². The Bertz CT molecular complexity index is 558. The summed E-state index contributed by atoms with van der Waals surface area (Å²) in [6.07, 6.45) is 3.26. The zero-order valence-corrected chi connectivity index (χ0v) is 10.6. The molecule has 90 valence electrons. The lowest BCUT2D eigenvalue weighted by Crippen LogP contribution is -2.17. The first-order chi connectivity index (χ1) is 8.15. The van der Waals surface area contributed by atoms with Crippen LogP contribution in [0.2, 0.25) is 0 Å². The van der Waals surface area contributed by atoms with Crippen LogP contribution in [-0.2, 0) is 13.6 Å². The summed E-state index contributed by atoms with van der Waals surface area (Å²) >= 11 is 0. The van der Waals surface area contributed by atoms with Crippen LogP contribution in [0.3, 0.4) is 0 Å². The average molecular weight is 230 g/mol. The van der Waals surface area contributed by atoms with Gasteiger partial charge in [-0.15, -0.1) is 0 Å². The lowest BCUT2D eigenvalue weighted by molar-refractivity contribution is 0.651. The third-order valence-electron chi connectivity index (χ3n) is 3.60. The SMILES string of the molecule is Cc1nn(C)c2ncc(CN[C@@H]3C[C@@H]3C)cc12. The van der Waals surface area contributed by atoms with E-state index in [-0.39, 0.29) is 0 Å². The highest BCUT2D eigenvalue weighted by atomic mass is 15.3. The van der Waals surface area contributed by atoms with E-state index in [0.717, 1.165) is 29.2 Å². The third kappa shape index (κ3) is 1.93. The molecule has 2 heterocycles. The van der Waals surface area contributed by atoms with Gasteiger partial charge in [0.15, 0.2) is 5.65 Å². The van der Waals surface area contributed by atoms with Gasteiger partial charge in [0.1, 0.15) is 0 Å². The van der Waals surface area contributed by atoms with E-state index >= 15 is 0 Å². The fourth-order valence-corrected chi connectivity index (χ4v) is 2.30. The fraction of sp³-hybridized carbons (Fsp3) is 0.538. The van der Waals surface area contributed by atoms with Gasteiger partial charge in [-0.3, -0.25) is 4.68 Å². The number of hydrogen-bond acceptors (Lipinski definition) is 3. The van der Waals surface area contributed by atoms with Crippen molar-refractivity contribution in [2.24, 2.45) is 13.0 Å². The number of nitrogens with zero attached hydrogens (tertiary/aromatic N) is 3. The van der Waals surface area contributed by atoms with E-state index in [0.29, 0.717) is 6.04 Å². The van der Waals surface area contributed by atoms with Gasteiger partial charge in [0.05, 0.1) is 5.69 Å². The molecule has 3 rings (SSSR count). The average Bonchev–Trinajstić information content (AvgIpc) is 2.94. The monoisotopic (exact) mass is 230 g/mol. The summed E-state index contributed by atoms with van der Waals surface area (Å²) in [4.78, 5) is 4.48. The van der Waals surface area contributed by atoms with Crippen molar-refractivity contribution < 1.29 is 0 Å². The molecule has 0 bridgehead atoms. The quantitative estimate of drug-likeness (QED) is 0.874. The topological polar surface area (TPSA) is 42.7 Å². The summed E-state index contributed by atoms with van der Waals surface area (Å²) in [7, 11) is 1.94. The van der Waals surface area contributed by atoms with Gasteiger partial charge < -0.3 is 5.32 Å². The minimum atomic E-state index is 0.709. The number of rotatable bonds is 3. The van der Waals surface area contributed by atoms with Gasteiger partial charge in [-0.1, -0.05) is 6.92 Å². The Kier molecular flexibility index (Phi) is 2.40. The minimum Gasteiger partial charge on any atom is -0.310 e. The molecule has 1 fully saturated rings. The van der Waals surface area contributed by atoms with Gasteiger partial charge in [0.2, 0.25) is 0 Å². The molecule has 4 heteroatoms. The first kappa shape index (κ1) is 10.7. The maximum Gasteiger partial charge on any atom is 0.157 e. The molecule has 0 saturated heterocycles. The van der Waals surface area contributed by atoms with E-state index in [4.69, 9.17) is 0 Å². The van der Waals surface area contributed by atoms with Crippen molar-refractivity contribution in [3.05, 3.63) is 23.5 Å². The number of aromatic nitrogens is 3. The minimum absolute atomic E-state index is 0.709. The molecule has 2 aromatic heterocycles. The predicted molar refractivity (Wildman–Crippen MR) is 67.7 cm³/mol. The molecule has 4 nitrogen and oxygen atoms in total. The van der Waals surface area contributed by atoms with Crippen molar-refractivity contribution in [2.75, 3.05) is 0 Å². The molecule has 0 unspecified atom stereocenters. The van der Waals surface area contributed by atoms with Gasteiger partial charge in [0, 0.05) is 31.2 Å². The zero-order chi connectivity index (χ0) is 12.0. The highest BCUT2D eigenvalue weighted by Crippen LogP contribution is 2.29. The van der Waals surface area contributed by atoms with Crippen LogP contribution in [0.15, 0.2) is 12.3 Å². The second kappa shape index (κ2) is 3.81. The Hall–Kier alpha value is -1.42. The highest BCUT2D eigenvalue weighted by molar-refractivity contribution is 5.78. The van der Waals surface area contributed by atoms with E-state index < -0.39 is 0 Å². The van der Waals surface area contributed by atoms with Crippen LogP contribution in [0.25, 0.3) is 11.0 Å². The molecule has 0 amide bonds. The summed E-state index contributed by atoms with van der Waals surface area (Å²) in [5.41, 5.74) is 3.26. The molecule has 0 radical (unpaired) electrons. The maximum absolute atomic E-state index is 4.48. The largest absolute Gasteiger partial charge is 0.310 e. The van der Waals surface area contributed by atoms with Crippen molar-refractivity contribution in [3.63, 3.8) is 0 Å². The summed E-state index contributed by atoms with van der Waals surface area (Å²) < 4.78 is 1.84. The van der Waals surface area contributed by atoms with Gasteiger partial charge in [0.25, 0.3) is 0 Å². The van der Waals surface area contributed by atoms with Crippen LogP contribution >= 0.6 is 0 Å². The molecular weight excluding hydrogens is 212 g/mol. The first-order valence-electron chi connectivity index (χ1n) is 6.17. The van der Waals surface area contributed by atoms with Crippen LogP contribution < -0.4 is 5.32 Å². The normalized spacial score (nSPS) is 23.2. The molecule has 0 aliphatic heterocycles. The molecule has 17 heavy (non-hydrogen) atoms. The predicted octanol–water partition coefficient (Wildman–Crippen LogP) is 1.77. The molecule has 0 aromatic carbocycles. The third-order valence-corrected chi connectivity index (χ3v) is 3.60. The van der Waals surface area contributed by atoms with Gasteiger partial charge in [-0.05, 0) is 30.9 Å². The highest BCUT2D eigenvalue weighted by Gasteiger charge is 2.31. The van der Waals surface area contributed by atoms with Crippen LogP contribution in [-0.4, -0.2) is 20.8 Å². The first-order valence-corrected chi connectivity index (χ1v) is 6.17. The van der Waals surface area contributed by atoms with Crippen molar-refractivity contribution in [1.82, 2.24) is 20.1 Å². The second-order valence-electron chi connectivity index (χ2n) is 5.12. The Labute approximate surface area is 101 Å². The summed E-state index contributed by atoms with van der Waals surface area (Å²) in [6.45, 7) is 5.22. The lowest BCUT2D eigenvalue weighted by Gasteiger charge is -2.03. The van der Waals surface area contributed by atoms with E-state index in [1.807, 2.05) is 24.9 Å². The Morgan fingerprint density at radius 3 is 3.00 bits per heavy atom. The van der Waals surface area contributed by atoms with Crippen molar-refractivity contribution in [1.29, 1.82) is 0 Å².